The lowest BCUT2D eigenvalue weighted by atomic mass is 9.93. The lowest BCUT2D eigenvalue weighted by Crippen LogP contribution is -2.54. The normalized spacial score (nSPS) is 23.9. The van der Waals surface area contributed by atoms with Crippen molar-refractivity contribution in [1.82, 2.24) is 19.9 Å². The number of ether oxygens (including phenoxy) is 2. The van der Waals surface area contributed by atoms with Crippen molar-refractivity contribution in [3.05, 3.63) is 47.5 Å². The number of halogens is 5. The van der Waals surface area contributed by atoms with Crippen LogP contribution >= 0.6 is 0 Å². The second-order valence-electron chi connectivity index (χ2n) is 8.11. The summed E-state index contributed by atoms with van der Waals surface area (Å²) in [4.78, 5) is 1.72. The molecule has 1 saturated heterocycles. The average Bonchev–Trinajstić information content (AvgIpc) is 3.21. The van der Waals surface area contributed by atoms with E-state index in [0.717, 1.165) is 12.1 Å². The van der Waals surface area contributed by atoms with Crippen LogP contribution in [0.25, 0.3) is 11.0 Å². The van der Waals surface area contributed by atoms with Gasteiger partial charge < -0.3 is 14.8 Å². The molecule has 0 amide bonds. The maximum atomic E-state index is 14.9. The molecular weight excluding hydrogens is 449 g/mol. The van der Waals surface area contributed by atoms with Crippen LogP contribution in [0.3, 0.4) is 0 Å². The van der Waals surface area contributed by atoms with E-state index in [0.29, 0.717) is 25.3 Å². The van der Waals surface area contributed by atoms with E-state index in [-0.39, 0.29) is 41.2 Å². The molecule has 3 aromatic rings. The predicted molar refractivity (Wildman–Crippen MR) is 108 cm³/mol. The second kappa shape index (κ2) is 8.10. The molecule has 1 fully saturated rings. The Morgan fingerprint density at radius 3 is 2.70 bits per heavy atom. The summed E-state index contributed by atoms with van der Waals surface area (Å²) in [7, 11) is 0. The summed E-state index contributed by atoms with van der Waals surface area (Å²) in [5.41, 5.74) is -0.0152. The van der Waals surface area contributed by atoms with Crippen molar-refractivity contribution in [3.8, 4) is 5.75 Å². The third-order valence-corrected chi connectivity index (χ3v) is 5.88. The first-order valence-electron chi connectivity index (χ1n) is 10.4. The molecule has 0 radical (unpaired) electrons. The van der Waals surface area contributed by atoms with Crippen LogP contribution in [-0.4, -0.2) is 58.3 Å². The van der Waals surface area contributed by atoms with Gasteiger partial charge in [-0.05, 0) is 25.1 Å². The molecule has 1 N–H and O–H groups in total. The number of morpholine rings is 1. The minimum atomic E-state index is -4.85. The van der Waals surface area contributed by atoms with E-state index < -0.39 is 28.8 Å². The van der Waals surface area contributed by atoms with E-state index in [1.165, 1.54) is 18.2 Å². The molecule has 1 aromatic heterocycles. The molecule has 3 heterocycles. The quantitative estimate of drug-likeness (QED) is 0.589. The highest BCUT2D eigenvalue weighted by Crippen LogP contribution is 2.39. The standard InChI is InChI=1S/C21H20F5N5O2/c1-11-9-30(6-7-32-11)16-10-33-17-8-12(22)2-3-13(17)18(16)27-19-14(23)4-5-15-20(19)29-31(28-15)21(24,25)26/h2-5,8,11,16,18,27H,6-7,9-10H2,1H3/t11-,16+,18+/m1/s1. The van der Waals surface area contributed by atoms with E-state index in [4.69, 9.17) is 9.47 Å². The van der Waals surface area contributed by atoms with Crippen LogP contribution in [0.15, 0.2) is 30.3 Å². The van der Waals surface area contributed by atoms with Crippen LogP contribution in [0, 0.1) is 11.6 Å². The van der Waals surface area contributed by atoms with Gasteiger partial charge in [-0.3, -0.25) is 4.90 Å². The smallest absolute Gasteiger partial charge is 0.491 e. The molecule has 176 valence electrons. The van der Waals surface area contributed by atoms with Crippen molar-refractivity contribution in [2.75, 3.05) is 31.6 Å². The highest BCUT2D eigenvalue weighted by molar-refractivity contribution is 5.88. The minimum absolute atomic E-state index is 0.0409. The van der Waals surface area contributed by atoms with Crippen LogP contribution in [0.4, 0.5) is 27.6 Å². The molecule has 0 saturated carbocycles. The van der Waals surface area contributed by atoms with Crippen LogP contribution in [0.1, 0.15) is 18.5 Å². The Labute approximate surface area is 185 Å². The van der Waals surface area contributed by atoms with Gasteiger partial charge in [-0.25, -0.2) is 8.78 Å². The van der Waals surface area contributed by atoms with E-state index >= 15 is 0 Å². The Kier molecular flexibility index (Phi) is 5.36. The summed E-state index contributed by atoms with van der Waals surface area (Å²) in [5.74, 6) is -0.982. The Morgan fingerprint density at radius 1 is 1.12 bits per heavy atom. The Bertz CT molecular complexity index is 1180. The topological polar surface area (TPSA) is 64.4 Å². The molecule has 0 spiro atoms. The maximum absolute atomic E-state index is 14.9. The zero-order valence-corrected chi connectivity index (χ0v) is 17.4. The molecule has 33 heavy (non-hydrogen) atoms. The van der Waals surface area contributed by atoms with Gasteiger partial charge in [0, 0.05) is 24.7 Å². The molecule has 12 heteroatoms. The van der Waals surface area contributed by atoms with Crippen molar-refractivity contribution < 1.29 is 31.4 Å². The largest absolute Gasteiger partial charge is 0.521 e. The van der Waals surface area contributed by atoms with Crippen LogP contribution < -0.4 is 10.1 Å². The molecule has 0 unspecified atom stereocenters. The molecule has 2 aromatic carbocycles. The summed E-state index contributed by atoms with van der Waals surface area (Å²) in [6.45, 7) is 3.76. The lowest BCUT2D eigenvalue weighted by Gasteiger charge is -2.44. The Hall–Kier alpha value is -2.99. The van der Waals surface area contributed by atoms with Crippen molar-refractivity contribution in [2.45, 2.75) is 31.4 Å². The summed E-state index contributed by atoms with van der Waals surface area (Å²) < 4.78 is 79.6. The number of fused-ring (bicyclic) bond motifs is 2. The minimum Gasteiger partial charge on any atom is -0.491 e. The second-order valence-corrected chi connectivity index (χ2v) is 8.11. The van der Waals surface area contributed by atoms with Crippen LogP contribution in [0.2, 0.25) is 0 Å². The van der Waals surface area contributed by atoms with Gasteiger partial charge in [0.25, 0.3) is 0 Å². The first-order valence-corrected chi connectivity index (χ1v) is 10.4. The van der Waals surface area contributed by atoms with Crippen molar-refractivity contribution in [3.63, 3.8) is 0 Å². The summed E-state index contributed by atoms with van der Waals surface area (Å²) in [6.07, 6.45) is -4.89. The van der Waals surface area contributed by atoms with Gasteiger partial charge in [0.15, 0.2) is 0 Å². The number of nitrogens with zero attached hydrogens (tertiary/aromatic N) is 4. The number of hydrogen-bond acceptors (Lipinski definition) is 6. The number of aromatic nitrogens is 3. The van der Waals surface area contributed by atoms with Crippen molar-refractivity contribution in [1.29, 1.82) is 0 Å². The first kappa shape index (κ1) is 21.8. The fourth-order valence-electron chi connectivity index (χ4n) is 4.37. The zero-order chi connectivity index (χ0) is 23.3. The molecule has 5 rings (SSSR count). The molecule has 2 aliphatic rings. The van der Waals surface area contributed by atoms with Crippen LogP contribution in [0.5, 0.6) is 5.75 Å². The number of rotatable bonds is 3. The maximum Gasteiger partial charge on any atom is 0.521 e. The highest BCUT2D eigenvalue weighted by atomic mass is 19.4. The fourth-order valence-corrected chi connectivity index (χ4v) is 4.37. The Balaban J connectivity index is 1.58. The number of anilines is 1. The van der Waals surface area contributed by atoms with Gasteiger partial charge in [-0.2, -0.15) is 0 Å². The third-order valence-electron chi connectivity index (χ3n) is 5.88. The van der Waals surface area contributed by atoms with Gasteiger partial charge in [-0.15, -0.1) is 23.4 Å². The number of hydrogen-bond donors (Lipinski definition) is 1. The molecular formula is C21H20F5N5O2. The van der Waals surface area contributed by atoms with Gasteiger partial charge in [0.2, 0.25) is 0 Å². The molecule has 0 bridgehead atoms. The van der Waals surface area contributed by atoms with Gasteiger partial charge >= 0.3 is 6.30 Å². The predicted octanol–water partition coefficient (Wildman–Crippen LogP) is 3.82. The van der Waals surface area contributed by atoms with Crippen molar-refractivity contribution in [2.24, 2.45) is 0 Å². The third kappa shape index (κ3) is 4.08. The SMILES string of the molecule is C[C@@H]1CN([C@H]2COc3cc(F)ccc3[C@@H]2Nc2c(F)ccc3nn(C(F)(F)F)nc23)CCO1. The monoisotopic (exact) mass is 469 g/mol. The first-order chi connectivity index (χ1) is 15.7. The molecule has 3 atom stereocenters. The highest BCUT2D eigenvalue weighted by Gasteiger charge is 2.39. The van der Waals surface area contributed by atoms with Crippen LogP contribution in [-0.2, 0) is 11.0 Å². The molecule has 0 aliphatic carbocycles. The zero-order valence-electron chi connectivity index (χ0n) is 17.4. The summed E-state index contributed by atoms with van der Waals surface area (Å²) in [5, 5.41) is 9.96. The van der Waals surface area contributed by atoms with E-state index in [2.05, 4.69) is 20.4 Å². The van der Waals surface area contributed by atoms with Gasteiger partial charge in [0.05, 0.1) is 24.8 Å². The van der Waals surface area contributed by atoms with E-state index in [1.807, 2.05) is 6.92 Å². The average molecular weight is 469 g/mol. The molecule has 7 nitrogen and oxygen atoms in total. The molecule has 2 aliphatic heterocycles. The number of nitrogens with one attached hydrogen (secondary N) is 1. The summed E-state index contributed by atoms with van der Waals surface area (Å²) >= 11 is 0. The summed E-state index contributed by atoms with van der Waals surface area (Å²) in [6, 6.07) is 5.27. The van der Waals surface area contributed by atoms with Crippen molar-refractivity contribution >= 4 is 16.7 Å². The fraction of sp³-hybridized carbons (Fsp3) is 0.429. The van der Waals surface area contributed by atoms with Gasteiger partial charge in [0.1, 0.15) is 40.7 Å². The lowest BCUT2D eigenvalue weighted by molar-refractivity contribution is -0.220. The number of benzene rings is 2. The van der Waals surface area contributed by atoms with E-state index in [1.54, 1.807) is 0 Å². The van der Waals surface area contributed by atoms with Gasteiger partial charge in [-0.1, -0.05) is 10.9 Å². The number of alkyl halides is 3. The Morgan fingerprint density at radius 2 is 1.94 bits per heavy atom. The van der Waals surface area contributed by atoms with E-state index in [9.17, 15) is 22.0 Å².